The summed E-state index contributed by atoms with van der Waals surface area (Å²) in [4.78, 5) is 21.1. The Balaban J connectivity index is 1.66. The Bertz CT molecular complexity index is 967. The van der Waals surface area contributed by atoms with Gasteiger partial charge in [-0.2, -0.15) is 4.98 Å². The zero-order valence-corrected chi connectivity index (χ0v) is 15.2. The van der Waals surface area contributed by atoms with Gasteiger partial charge in [0, 0.05) is 17.1 Å². The van der Waals surface area contributed by atoms with Crippen LogP contribution in [0.15, 0.2) is 48.5 Å². The van der Waals surface area contributed by atoms with E-state index in [0.29, 0.717) is 17.6 Å². The first-order valence-corrected chi connectivity index (χ1v) is 9.21. The molecular formula is C21H22N4O2. The van der Waals surface area contributed by atoms with Crippen LogP contribution < -0.4 is 10.6 Å². The topological polar surface area (TPSA) is 76.1 Å². The summed E-state index contributed by atoms with van der Waals surface area (Å²) in [5.74, 6) is 0.969. The van der Waals surface area contributed by atoms with Crippen molar-refractivity contribution in [2.45, 2.75) is 31.7 Å². The number of fused-ring (bicyclic) bond motifs is 1. The van der Waals surface area contributed by atoms with E-state index in [1.54, 1.807) is 18.2 Å². The molecular weight excluding hydrogens is 340 g/mol. The van der Waals surface area contributed by atoms with Gasteiger partial charge in [-0.05, 0) is 43.2 Å². The zero-order chi connectivity index (χ0) is 18.6. The summed E-state index contributed by atoms with van der Waals surface area (Å²) < 4.78 is 4.78. The maximum absolute atomic E-state index is 11.7. The molecule has 1 aliphatic carbocycles. The number of hydrogen-bond acceptors (Lipinski definition) is 6. The van der Waals surface area contributed by atoms with E-state index >= 15 is 0 Å². The first kappa shape index (κ1) is 17.3. The van der Waals surface area contributed by atoms with Crippen molar-refractivity contribution < 1.29 is 9.53 Å². The molecule has 1 saturated carbocycles. The SMILES string of the molecule is COC(=O)c1cccc(Nc2nc(NC3CCCC3)c3ccccc3n2)c1. The molecule has 3 aromatic rings. The highest BCUT2D eigenvalue weighted by Gasteiger charge is 2.17. The lowest BCUT2D eigenvalue weighted by Crippen LogP contribution is -2.16. The van der Waals surface area contributed by atoms with Crippen LogP contribution in [-0.4, -0.2) is 29.1 Å². The van der Waals surface area contributed by atoms with Crippen LogP contribution in [0.1, 0.15) is 36.0 Å². The number of hydrogen-bond donors (Lipinski definition) is 2. The summed E-state index contributed by atoms with van der Waals surface area (Å²) in [6.07, 6.45) is 4.85. The molecule has 0 spiro atoms. The molecule has 1 fully saturated rings. The van der Waals surface area contributed by atoms with E-state index in [1.807, 2.05) is 30.3 Å². The molecule has 2 aromatic carbocycles. The van der Waals surface area contributed by atoms with Crippen LogP contribution in [0.25, 0.3) is 10.9 Å². The predicted octanol–water partition coefficient (Wildman–Crippen LogP) is 4.51. The Hall–Kier alpha value is -3.15. The maximum Gasteiger partial charge on any atom is 0.337 e. The Morgan fingerprint density at radius 2 is 1.89 bits per heavy atom. The average Bonchev–Trinajstić information content (AvgIpc) is 3.21. The second kappa shape index (κ2) is 7.61. The molecule has 0 amide bonds. The van der Waals surface area contributed by atoms with Gasteiger partial charge in [0.05, 0.1) is 18.2 Å². The molecule has 1 heterocycles. The summed E-state index contributed by atoms with van der Waals surface area (Å²) in [6, 6.07) is 15.6. The lowest BCUT2D eigenvalue weighted by Gasteiger charge is -2.16. The van der Waals surface area contributed by atoms with Crippen molar-refractivity contribution in [1.82, 2.24) is 9.97 Å². The number of nitrogens with zero attached hydrogens (tertiary/aromatic N) is 2. The smallest absolute Gasteiger partial charge is 0.337 e. The van der Waals surface area contributed by atoms with Crippen LogP contribution in [0.2, 0.25) is 0 Å². The van der Waals surface area contributed by atoms with Gasteiger partial charge in [0.1, 0.15) is 5.82 Å². The molecule has 0 bridgehead atoms. The number of carbonyl (C=O) groups is 1. The summed E-state index contributed by atoms with van der Waals surface area (Å²) >= 11 is 0. The lowest BCUT2D eigenvalue weighted by atomic mass is 10.2. The standard InChI is InChI=1S/C21H22N4O2/c1-27-20(26)14-7-6-10-16(13-14)23-21-24-18-12-5-4-11-17(18)19(25-21)22-15-8-2-3-9-15/h4-7,10-13,15H,2-3,8-9H2,1H3,(H2,22,23,24,25). The van der Waals surface area contributed by atoms with Crippen LogP contribution in [0.3, 0.4) is 0 Å². The highest BCUT2D eigenvalue weighted by molar-refractivity contribution is 5.92. The number of rotatable bonds is 5. The maximum atomic E-state index is 11.7. The minimum absolute atomic E-state index is 0.373. The van der Waals surface area contributed by atoms with Gasteiger partial charge in [-0.1, -0.05) is 31.0 Å². The highest BCUT2D eigenvalue weighted by Crippen LogP contribution is 2.28. The number of benzene rings is 2. The minimum atomic E-state index is -0.373. The molecule has 0 radical (unpaired) electrons. The minimum Gasteiger partial charge on any atom is -0.465 e. The highest BCUT2D eigenvalue weighted by atomic mass is 16.5. The average molecular weight is 362 g/mol. The van der Waals surface area contributed by atoms with Crippen molar-refractivity contribution in [1.29, 1.82) is 0 Å². The summed E-state index contributed by atoms with van der Waals surface area (Å²) in [5.41, 5.74) is 2.09. The fraction of sp³-hybridized carbons (Fsp3) is 0.286. The molecule has 4 rings (SSSR count). The Morgan fingerprint density at radius 1 is 1.07 bits per heavy atom. The van der Waals surface area contributed by atoms with Crippen LogP contribution in [0, 0.1) is 0 Å². The number of carbonyl (C=O) groups excluding carboxylic acids is 1. The lowest BCUT2D eigenvalue weighted by molar-refractivity contribution is 0.0601. The van der Waals surface area contributed by atoms with Crippen molar-refractivity contribution >= 4 is 34.3 Å². The third-order valence-corrected chi connectivity index (χ3v) is 4.84. The van der Waals surface area contributed by atoms with Gasteiger partial charge in [0.15, 0.2) is 0 Å². The Kier molecular flexibility index (Phi) is 4.87. The molecule has 2 N–H and O–H groups in total. The first-order valence-electron chi connectivity index (χ1n) is 9.21. The van der Waals surface area contributed by atoms with E-state index in [0.717, 1.165) is 22.4 Å². The molecule has 0 unspecified atom stereocenters. The molecule has 138 valence electrons. The monoisotopic (exact) mass is 362 g/mol. The molecule has 6 heteroatoms. The van der Waals surface area contributed by atoms with Gasteiger partial charge in [-0.15, -0.1) is 0 Å². The molecule has 1 aliphatic rings. The predicted molar refractivity (Wildman–Crippen MR) is 106 cm³/mol. The zero-order valence-electron chi connectivity index (χ0n) is 15.2. The van der Waals surface area contributed by atoms with Crippen molar-refractivity contribution in [2.75, 3.05) is 17.7 Å². The number of para-hydroxylation sites is 1. The number of nitrogens with one attached hydrogen (secondary N) is 2. The van der Waals surface area contributed by atoms with Crippen LogP contribution in [-0.2, 0) is 4.74 Å². The molecule has 0 saturated heterocycles. The Labute approximate surface area is 158 Å². The normalized spacial score (nSPS) is 14.3. The molecule has 0 aliphatic heterocycles. The van der Waals surface area contributed by atoms with Gasteiger partial charge < -0.3 is 15.4 Å². The van der Waals surface area contributed by atoms with E-state index in [-0.39, 0.29) is 5.97 Å². The van der Waals surface area contributed by atoms with Crippen LogP contribution in [0.4, 0.5) is 17.5 Å². The van der Waals surface area contributed by atoms with Gasteiger partial charge in [0.25, 0.3) is 0 Å². The fourth-order valence-electron chi connectivity index (χ4n) is 3.48. The van der Waals surface area contributed by atoms with E-state index in [1.165, 1.54) is 32.8 Å². The van der Waals surface area contributed by atoms with Gasteiger partial charge in [-0.3, -0.25) is 0 Å². The largest absolute Gasteiger partial charge is 0.465 e. The molecule has 0 atom stereocenters. The summed E-state index contributed by atoms with van der Waals surface area (Å²) in [6.45, 7) is 0. The first-order chi connectivity index (χ1) is 13.2. The van der Waals surface area contributed by atoms with Crippen molar-refractivity contribution in [3.05, 3.63) is 54.1 Å². The van der Waals surface area contributed by atoms with Crippen molar-refractivity contribution in [3.63, 3.8) is 0 Å². The van der Waals surface area contributed by atoms with E-state index in [9.17, 15) is 4.79 Å². The number of methoxy groups -OCH3 is 1. The molecule has 1 aromatic heterocycles. The number of esters is 1. The van der Waals surface area contributed by atoms with E-state index < -0.39 is 0 Å². The molecule has 27 heavy (non-hydrogen) atoms. The molecule has 6 nitrogen and oxygen atoms in total. The second-order valence-electron chi connectivity index (χ2n) is 6.74. The summed E-state index contributed by atoms with van der Waals surface area (Å²) in [7, 11) is 1.37. The van der Waals surface area contributed by atoms with Crippen molar-refractivity contribution in [3.8, 4) is 0 Å². The number of anilines is 3. The second-order valence-corrected chi connectivity index (χ2v) is 6.74. The number of ether oxygens (including phenoxy) is 1. The quantitative estimate of drug-likeness (QED) is 0.650. The van der Waals surface area contributed by atoms with Gasteiger partial charge in [-0.25, -0.2) is 9.78 Å². The van der Waals surface area contributed by atoms with E-state index in [2.05, 4.69) is 15.6 Å². The fourth-order valence-corrected chi connectivity index (χ4v) is 3.48. The van der Waals surface area contributed by atoms with Gasteiger partial charge in [0.2, 0.25) is 5.95 Å². The third-order valence-electron chi connectivity index (χ3n) is 4.84. The van der Waals surface area contributed by atoms with Crippen molar-refractivity contribution in [2.24, 2.45) is 0 Å². The van der Waals surface area contributed by atoms with Crippen LogP contribution in [0.5, 0.6) is 0 Å². The summed E-state index contributed by atoms with van der Waals surface area (Å²) in [5, 5.41) is 7.81. The number of aromatic nitrogens is 2. The van der Waals surface area contributed by atoms with E-state index in [4.69, 9.17) is 9.72 Å². The van der Waals surface area contributed by atoms with Gasteiger partial charge >= 0.3 is 5.97 Å². The Morgan fingerprint density at radius 3 is 2.70 bits per heavy atom. The third kappa shape index (κ3) is 3.84. The van der Waals surface area contributed by atoms with Crippen LogP contribution >= 0.6 is 0 Å².